The molecule has 0 atom stereocenters. The summed E-state index contributed by atoms with van der Waals surface area (Å²) in [5, 5.41) is 2.49. The molecule has 2 nitrogen and oxygen atoms in total. The van der Waals surface area contributed by atoms with Gasteiger partial charge in [-0.25, -0.2) is 0 Å². The van der Waals surface area contributed by atoms with Crippen LogP contribution >= 0.6 is 0 Å². The summed E-state index contributed by atoms with van der Waals surface area (Å²) in [6, 6.07) is 7.24. The summed E-state index contributed by atoms with van der Waals surface area (Å²) in [6.07, 6.45) is -4.47. The van der Waals surface area contributed by atoms with E-state index in [1.54, 1.807) is 6.07 Å². The second kappa shape index (κ2) is 7.84. The average molecular weight is 316 g/mol. The Morgan fingerprint density at radius 1 is 1.06 bits per heavy atom. The Morgan fingerprint density at radius 3 is 1.71 bits per heavy atom. The molecule has 7 heteroatoms. The van der Waals surface area contributed by atoms with Crippen LogP contribution in [0.25, 0.3) is 5.32 Å². The van der Waals surface area contributed by atoms with Crippen molar-refractivity contribution in [2.45, 2.75) is 25.9 Å². The van der Waals surface area contributed by atoms with E-state index < -0.39 is 14.6 Å². The first-order valence-electron chi connectivity index (χ1n) is 4.65. The molecule has 0 radical (unpaired) electrons. The minimum atomic E-state index is -4.47. The Morgan fingerprint density at radius 2 is 1.41 bits per heavy atom. The van der Waals surface area contributed by atoms with Crippen molar-refractivity contribution in [1.82, 2.24) is 0 Å². The van der Waals surface area contributed by atoms with E-state index in [9.17, 15) is 13.2 Å². The fourth-order valence-corrected chi connectivity index (χ4v) is 0.649. The summed E-state index contributed by atoms with van der Waals surface area (Å²) in [5.74, 6) is 0. The van der Waals surface area contributed by atoms with Gasteiger partial charge in [0, 0.05) is 19.5 Å². The number of halogens is 3. The van der Waals surface area contributed by atoms with Gasteiger partial charge in [-0.05, 0) is 19.6 Å². The smallest absolute Gasteiger partial charge is 0.332 e. The number of nitrogens with zero attached hydrogens (tertiary/aromatic N) is 1. The second-order valence-electron chi connectivity index (χ2n) is 4.09. The van der Waals surface area contributed by atoms with E-state index in [2.05, 4.69) is 5.32 Å². The zero-order valence-corrected chi connectivity index (χ0v) is 14.1. The van der Waals surface area contributed by atoms with Gasteiger partial charge in [0.2, 0.25) is 0 Å². The molecule has 1 N–H and O–H groups in total. The molecular weight excluding hydrogens is 301 g/mol. The van der Waals surface area contributed by atoms with Crippen molar-refractivity contribution in [2.75, 3.05) is 0 Å². The first-order chi connectivity index (χ1) is 7.08. The maximum Gasteiger partial charge on any atom is 0.332 e. The Balaban J connectivity index is 0. The molecule has 0 saturated heterocycles. The van der Waals surface area contributed by atoms with Gasteiger partial charge in [0.15, 0.2) is 8.32 Å². The van der Waals surface area contributed by atoms with Crippen LogP contribution in [0.1, 0.15) is 0 Å². The standard InChI is InChI=1S/C7H5F3N.C3H10OSi.Zn/c8-7(9,10)11-6-4-2-1-3-5-6;1-5(2,3)4;/h1-5H;4H,1-3H3;/q-1;;. The number of hydrogen-bond acceptors (Lipinski definition) is 1. The van der Waals surface area contributed by atoms with E-state index in [-0.39, 0.29) is 25.2 Å². The first-order valence-corrected chi connectivity index (χ1v) is 8.10. The average Bonchev–Trinajstić information content (AvgIpc) is 1.99. The van der Waals surface area contributed by atoms with Crippen molar-refractivity contribution >= 4 is 14.0 Å². The van der Waals surface area contributed by atoms with Crippen LogP contribution in [0.3, 0.4) is 0 Å². The molecule has 0 fully saturated rings. The van der Waals surface area contributed by atoms with Crippen LogP contribution in [0.5, 0.6) is 0 Å². The summed E-state index contributed by atoms with van der Waals surface area (Å²) in [7, 11) is -1.61. The molecule has 0 aliphatic carbocycles. The maximum atomic E-state index is 11.6. The second-order valence-corrected chi connectivity index (χ2v) is 8.43. The largest absolute Gasteiger partial charge is 0.596 e. The summed E-state index contributed by atoms with van der Waals surface area (Å²) >= 11 is 0. The van der Waals surface area contributed by atoms with E-state index in [0.717, 1.165) is 0 Å². The molecule has 0 spiro atoms. The van der Waals surface area contributed by atoms with Crippen molar-refractivity contribution in [3.8, 4) is 0 Å². The minimum absolute atomic E-state index is 0. The molecule has 1 aromatic rings. The maximum absolute atomic E-state index is 11.6. The third-order valence-corrected chi connectivity index (χ3v) is 1.01. The Labute approximate surface area is 113 Å². The topological polar surface area (TPSA) is 34.3 Å². The van der Waals surface area contributed by atoms with Gasteiger partial charge in [-0.2, -0.15) is 13.2 Å². The fourth-order valence-electron chi connectivity index (χ4n) is 0.649. The van der Waals surface area contributed by atoms with Gasteiger partial charge >= 0.3 is 6.30 Å². The molecule has 1 aromatic carbocycles. The molecule has 0 heterocycles. The molecule has 0 aliphatic rings. The number of hydrogen-bond donors (Lipinski definition) is 1. The number of para-hydroxylation sites is 1. The van der Waals surface area contributed by atoms with E-state index in [4.69, 9.17) is 4.80 Å². The Hall–Kier alpha value is -0.390. The van der Waals surface area contributed by atoms with Gasteiger partial charge in [0.1, 0.15) is 0 Å². The van der Waals surface area contributed by atoms with Gasteiger partial charge in [-0.1, -0.05) is 30.3 Å². The van der Waals surface area contributed by atoms with Crippen LogP contribution in [-0.2, 0) is 19.5 Å². The van der Waals surface area contributed by atoms with E-state index in [0.29, 0.717) is 0 Å². The van der Waals surface area contributed by atoms with E-state index >= 15 is 0 Å². The monoisotopic (exact) mass is 314 g/mol. The molecule has 0 saturated carbocycles. The zero-order valence-electron chi connectivity index (χ0n) is 10.1. The SMILES string of the molecule is C[Si](C)(C)O.FC(F)(F)[N-]c1ccccc1.[Zn]. The van der Waals surface area contributed by atoms with E-state index in [1.807, 2.05) is 19.6 Å². The van der Waals surface area contributed by atoms with Crippen molar-refractivity contribution in [3.63, 3.8) is 0 Å². The van der Waals surface area contributed by atoms with E-state index in [1.165, 1.54) is 24.3 Å². The normalized spacial score (nSPS) is 10.8. The predicted molar refractivity (Wildman–Crippen MR) is 61.1 cm³/mol. The first kappa shape index (κ1) is 19.0. The molecule has 17 heavy (non-hydrogen) atoms. The van der Waals surface area contributed by atoms with Gasteiger partial charge in [0.05, 0.1) is 0 Å². The van der Waals surface area contributed by atoms with Gasteiger partial charge in [-0.3, -0.25) is 0 Å². The molecule has 0 unspecified atom stereocenters. The van der Waals surface area contributed by atoms with Crippen molar-refractivity contribution in [3.05, 3.63) is 35.6 Å². The number of rotatable bonds is 1. The number of alkyl halides is 3. The molecule has 0 aromatic heterocycles. The third-order valence-electron chi connectivity index (χ3n) is 1.01. The van der Waals surface area contributed by atoms with Crippen LogP contribution in [0, 0.1) is 0 Å². The predicted octanol–water partition coefficient (Wildman–Crippen LogP) is 4.02. The molecule has 94 valence electrons. The molecule has 0 amide bonds. The summed E-state index contributed by atoms with van der Waals surface area (Å²) in [5.41, 5.74) is -0.0694. The van der Waals surface area contributed by atoms with Crippen LogP contribution < -0.4 is 0 Å². The van der Waals surface area contributed by atoms with Crippen molar-refractivity contribution < 1.29 is 37.4 Å². The Bertz CT molecular complexity index is 295. The molecule has 1 rings (SSSR count). The summed E-state index contributed by atoms with van der Waals surface area (Å²) < 4.78 is 34.7. The van der Waals surface area contributed by atoms with Crippen LogP contribution in [0.15, 0.2) is 30.3 Å². The Kier molecular flexibility index (Phi) is 8.75. The number of benzene rings is 1. The van der Waals surface area contributed by atoms with Crippen molar-refractivity contribution in [1.29, 1.82) is 0 Å². The van der Waals surface area contributed by atoms with Crippen molar-refractivity contribution in [2.24, 2.45) is 0 Å². The fraction of sp³-hybridized carbons (Fsp3) is 0.400. The van der Waals surface area contributed by atoms with Crippen LogP contribution in [-0.4, -0.2) is 19.4 Å². The van der Waals surface area contributed by atoms with Crippen LogP contribution in [0.4, 0.5) is 18.9 Å². The van der Waals surface area contributed by atoms with Crippen LogP contribution in [0.2, 0.25) is 19.6 Å². The zero-order chi connectivity index (χ0) is 12.8. The van der Waals surface area contributed by atoms with Gasteiger partial charge in [0.25, 0.3) is 0 Å². The molecular formula is C10H15F3NOSiZn-. The third kappa shape index (κ3) is 18.2. The molecule has 0 aliphatic heterocycles. The quantitative estimate of drug-likeness (QED) is 0.616. The van der Waals surface area contributed by atoms with Gasteiger partial charge in [-0.15, -0.1) is 5.69 Å². The summed E-state index contributed by atoms with van der Waals surface area (Å²) in [4.78, 5) is 8.66. The molecule has 0 bridgehead atoms. The minimum Gasteiger partial charge on any atom is -0.596 e. The van der Waals surface area contributed by atoms with Gasteiger partial charge < -0.3 is 10.1 Å². The summed E-state index contributed by atoms with van der Waals surface area (Å²) in [6.45, 7) is 5.65.